The fraction of sp³-hybridized carbons (Fsp3) is 0.778. The van der Waals surface area contributed by atoms with Crippen molar-refractivity contribution in [2.24, 2.45) is 0 Å². The van der Waals surface area contributed by atoms with E-state index in [4.69, 9.17) is 0 Å². The fourth-order valence-corrected chi connectivity index (χ4v) is 1.38. The molecule has 0 bridgehead atoms. The maximum absolute atomic E-state index is 10.7. The molecule has 1 heterocycles. The zero-order valence-corrected chi connectivity index (χ0v) is 11.2. The molecule has 112 valence electrons. The molecule has 0 aliphatic carbocycles. The van der Waals surface area contributed by atoms with Crippen molar-refractivity contribution in [2.75, 3.05) is 20.3 Å². The summed E-state index contributed by atoms with van der Waals surface area (Å²) in [6, 6.07) is 0. The number of quaternary nitrogens is 1. The van der Waals surface area contributed by atoms with Gasteiger partial charge < -0.3 is 4.90 Å². The molecule has 9 heteroatoms. The van der Waals surface area contributed by atoms with Crippen molar-refractivity contribution in [3.63, 3.8) is 0 Å². The van der Waals surface area contributed by atoms with Crippen LogP contribution in [0.1, 0.15) is 26.2 Å². The van der Waals surface area contributed by atoms with Gasteiger partial charge in [-0.1, -0.05) is 19.8 Å². The third kappa shape index (κ3) is 17.9. The molecule has 0 aromatic heterocycles. The number of hydrogen-bond acceptors (Lipinski definition) is 1. The normalized spacial score (nSPS) is 23.1. The number of halogens is 6. The van der Waals surface area contributed by atoms with Crippen LogP contribution in [0.5, 0.6) is 0 Å². The molecule has 0 amide bonds. The second kappa shape index (κ2) is 5.25. The maximum atomic E-state index is 9.87. The number of rotatable bonds is 4. The van der Waals surface area contributed by atoms with Gasteiger partial charge in [0.2, 0.25) is 0 Å². The van der Waals surface area contributed by atoms with Crippen LogP contribution in [0.2, 0.25) is 0 Å². The number of unbranched alkanes of at least 4 members (excludes halogenated alkanes) is 2. The first kappa shape index (κ1) is 17.5. The Morgan fingerprint density at radius 3 is 1.94 bits per heavy atom. The topological polar surface area (TPSA) is 7.68 Å². The van der Waals surface area contributed by atoms with Crippen LogP contribution in [0.15, 0.2) is 12.4 Å². The molecule has 1 rings (SSSR count). The van der Waals surface area contributed by atoms with E-state index in [0.717, 1.165) is 6.67 Å². The molecule has 1 aliphatic heterocycles. The van der Waals surface area contributed by atoms with Gasteiger partial charge in [-0.15, -0.1) is 0 Å². The van der Waals surface area contributed by atoms with E-state index in [1.165, 1.54) is 30.7 Å². The quantitative estimate of drug-likeness (QED) is 0.471. The molecule has 1 unspecified atom stereocenters. The average Bonchev–Trinajstić information content (AvgIpc) is 2.46. The summed E-state index contributed by atoms with van der Waals surface area (Å²) in [5.74, 6) is 0. The molecule has 0 fully saturated rings. The van der Waals surface area contributed by atoms with Crippen LogP contribution in [0.4, 0.5) is 25.2 Å². The molecule has 0 aromatic rings. The zero-order valence-electron chi connectivity index (χ0n) is 10.4. The van der Waals surface area contributed by atoms with Gasteiger partial charge in [-0.3, -0.25) is 4.90 Å². The van der Waals surface area contributed by atoms with Crippen LogP contribution in [-0.4, -0.2) is 25.2 Å². The van der Waals surface area contributed by atoms with Crippen molar-refractivity contribution in [3.8, 4) is 0 Å². The summed E-state index contributed by atoms with van der Waals surface area (Å²) in [7, 11) is -8.47. The van der Waals surface area contributed by atoms with Gasteiger partial charge in [0.05, 0.1) is 13.2 Å². The summed E-state index contributed by atoms with van der Waals surface area (Å²) in [6.45, 7) is 4.64. The monoisotopic (exact) mass is 300 g/mol. The van der Waals surface area contributed by atoms with Gasteiger partial charge in [-0.05, 0) is 6.42 Å². The summed E-state index contributed by atoms with van der Waals surface area (Å²) < 4.78 is 59.2. The predicted octanol–water partition coefficient (Wildman–Crippen LogP) is 3.82. The van der Waals surface area contributed by atoms with Gasteiger partial charge in [0, 0.05) is 6.54 Å². The van der Waals surface area contributed by atoms with Gasteiger partial charge in [-0.25, -0.2) is 0 Å². The minimum atomic E-state index is -10.7. The molecule has 1 aliphatic rings. The molecule has 1 N–H and O–H groups in total. The molecule has 0 spiro atoms. The molecule has 2 nitrogen and oxygen atoms in total. The van der Waals surface area contributed by atoms with Gasteiger partial charge in [-0.2, -0.15) is 0 Å². The third-order valence-corrected chi connectivity index (χ3v) is 2.07. The molecule has 0 saturated heterocycles. The Balaban J connectivity index is 0.000000360. The standard InChI is InChI=1S/C9H18N2.F6P/c1-3-4-5-6-11-8-7-10(2)9-11;1-7(2,3,4,5)6/h7-8H,3-6,9H2,1-2H3;/q;-1/p+1. The van der Waals surface area contributed by atoms with E-state index in [0.29, 0.717) is 0 Å². The minimum absolute atomic E-state index is 1.16. The number of nitrogens with zero attached hydrogens (tertiary/aromatic N) is 1. The SMILES string of the molecule is CCCCCN1C=C[NH+](C)C1.F[P-](F)(F)(F)(F)F. The van der Waals surface area contributed by atoms with Gasteiger partial charge in [0.25, 0.3) is 0 Å². The van der Waals surface area contributed by atoms with Crippen molar-refractivity contribution in [1.82, 2.24) is 4.90 Å². The van der Waals surface area contributed by atoms with E-state index in [9.17, 15) is 25.2 Å². The molecular formula is C9H19F6N2P. The fourth-order valence-electron chi connectivity index (χ4n) is 1.38. The molecule has 0 aromatic carbocycles. The van der Waals surface area contributed by atoms with Crippen LogP contribution in [0, 0.1) is 0 Å². The van der Waals surface area contributed by atoms with Crippen molar-refractivity contribution in [2.45, 2.75) is 26.2 Å². The van der Waals surface area contributed by atoms with E-state index >= 15 is 0 Å². The summed E-state index contributed by atoms with van der Waals surface area (Å²) in [4.78, 5) is 3.88. The first-order valence-corrected chi connectivity index (χ1v) is 7.62. The van der Waals surface area contributed by atoms with Gasteiger partial charge >= 0.3 is 33.0 Å². The van der Waals surface area contributed by atoms with Gasteiger partial charge in [0.15, 0.2) is 6.67 Å². The predicted molar refractivity (Wildman–Crippen MR) is 60.7 cm³/mol. The van der Waals surface area contributed by atoms with Crippen LogP contribution in [-0.2, 0) is 0 Å². The summed E-state index contributed by atoms with van der Waals surface area (Å²) in [5.41, 5.74) is 0. The van der Waals surface area contributed by atoms with E-state index in [-0.39, 0.29) is 0 Å². The Morgan fingerprint density at radius 1 is 1.11 bits per heavy atom. The van der Waals surface area contributed by atoms with Crippen molar-refractivity contribution in [3.05, 3.63) is 12.4 Å². The van der Waals surface area contributed by atoms with E-state index in [1.54, 1.807) is 0 Å². The van der Waals surface area contributed by atoms with E-state index in [1.807, 2.05) is 0 Å². The Bertz CT molecular complexity index is 274. The molecule has 0 radical (unpaired) electrons. The van der Waals surface area contributed by atoms with Crippen LogP contribution in [0.3, 0.4) is 0 Å². The second-order valence-corrected chi connectivity index (χ2v) is 6.21. The summed E-state index contributed by atoms with van der Waals surface area (Å²) in [5, 5.41) is 0. The van der Waals surface area contributed by atoms with Crippen molar-refractivity contribution < 1.29 is 30.1 Å². The average molecular weight is 300 g/mol. The molecule has 1 atom stereocenters. The molecular weight excluding hydrogens is 281 g/mol. The Hall–Kier alpha value is -0.490. The third-order valence-electron chi connectivity index (χ3n) is 2.07. The summed E-state index contributed by atoms with van der Waals surface area (Å²) in [6.07, 6.45) is 8.45. The van der Waals surface area contributed by atoms with Crippen LogP contribution in [0.25, 0.3) is 0 Å². The van der Waals surface area contributed by atoms with E-state index < -0.39 is 7.81 Å². The van der Waals surface area contributed by atoms with E-state index in [2.05, 4.69) is 31.3 Å². The van der Waals surface area contributed by atoms with Crippen molar-refractivity contribution >= 4 is 7.81 Å². The Kier molecular flexibility index (Phi) is 5.11. The first-order valence-electron chi connectivity index (χ1n) is 5.59. The van der Waals surface area contributed by atoms with Crippen LogP contribution >= 0.6 is 7.81 Å². The van der Waals surface area contributed by atoms with Crippen LogP contribution < -0.4 is 4.90 Å². The number of hydrogen-bond donors (Lipinski definition) is 1. The first-order chi connectivity index (χ1) is 7.78. The Morgan fingerprint density at radius 2 is 1.61 bits per heavy atom. The molecule has 0 saturated carbocycles. The summed E-state index contributed by atoms with van der Waals surface area (Å²) >= 11 is 0. The number of nitrogens with one attached hydrogen (secondary N) is 1. The van der Waals surface area contributed by atoms with Gasteiger partial charge in [0.1, 0.15) is 6.20 Å². The van der Waals surface area contributed by atoms with Crippen molar-refractivity contribution in [1.29, 1.82) is 0 Å². The Labute approximate surface area is 102 Å². The molecule has 18 heavy (non-hydrogen) atoms. The zero-order chi connectivity index (χ0) is 14.5. The second-order valence-electron chi connectivity index (χ2n) is 4.30.